The lowest BCUT2D eigenvalue weighted by atomic mass is 10.0. The molecule has 0 radical (unpaired) electrons. The summed E-state index contributed by atoms with van der Waals surface area (Å²) in [5, 5.41) is 7.50. The molecule has 0 aliphatic carbocycles. The highest BCUT2D eigenvalue weighted by Gasteiger charge is 2.22. The van der Waals surface area contributed by atoms with E-state index in [1.54, 1.807) is 9.58 Å². The Morgan fingerprint density at radius 1 is 1.12 bits per heavy atom. The number of benzene rings is 2. The number of ether oxygens (including phenoxy) is 2. The summed E-state index contributed by atoms with van der Waals surface area (Å²) in [7, 11) is 0. The van der Waals surface area contributed by atoms with Crippen LogP contribution in [0.3, 0.4) is 0 Å². The van der Waals surface area contributed by atoms with Gasteiger partial charge in [0.05, 0.1) is 25.2 Å². The minimum atomic E-state index is -0.0246. The van der Waals surface area contributed by atoms with E-state index in [1.165, 1.54) is 6.33 Å². The average Bonchev–Trinajstić information content (AvgIpc) is 3.19. The van der Waals surface area contributed by atoms with Gasteiger partial charge in [0, 0.05) is 18.7 Å². The summed E-state index contributed by atoms with van der Waals surface area (Å²) in [6.45, 7) is 4.92. The summed E-state index contributed by atoms with van der Waals surface area (Å²) >= 11 is 0. The van der Waals surface area contributed by atoms with Crippen LogP contribution in [0.4, 0.5) is 5.82 Å². The maximum absolute atomic E-state index is 12.8. The predicted molar refractivity (Wildman–Crippen MR) is 121 cm³/mol. The first-order valence-electron chi connectivity index (χ1n) is 10.6. The predicted octanol–water partition coefficient (Wildman–Crippen LogP) is 2.49. The number of carbonyl (C=O) groups is 1. The molecular weight excluding hydrogens is 408 g/mol. The van der Waals surface area contributed by atoms with Crippen molar-refractivity contribution in [3.8, 4) is 17.0 Å². The summed E-state index contributed by atoms with van der Waals surface area (Å²) in [5.41, 5.74) is 8.29. The van der Waals surface area contributed by atoms with Gasteiger partial charge in [-0.3, -0.25) is 4.79 Å². The second kappa shape index (κ2) is 8.43. The third kappa shape index (κ3) is 3.71. The second-order valence-electron chi connectivity index (χ2n) is 7.61. The number of nitrogen functional groups attached to an aromatic ring is 1. The number of amides is 1. The molecule has 3 heterocycles. The Labute approximate surface area is 184 Å². The molecule has 2 aromatic carbocycles. The van der Waals surface area contributed by atoms with Gasteiger partial charge in [0.15, 0.2) is 5.65 Å². The highest BCUT2D eigenvalue weighted by Crippen LogP contribution is 2.32. The van der Waals surface area contributed by atoms with Crippen LogP contribution < -0.4 is 10.5 Å². The molecular formula is C23H24N6O3. The first-order chi connectivity index (χ1) is 15.6. The van der Waals surface area contributed by atoms with Crippen molar-refractivity contribution >= 4 is 33.5 Å². The summed E-state index contributed by atoms with van der Waals surface area (Å²) in [6, 6.07) is 12.0. The minimum Gasteiger partial charge on any atom is -0.494 e. The lowest BCUT2D eigenvalue weighted by molar-refractivity contribution is -0.136. The number of hydrogen-bond donors (Lipinski definition) is 1. The van der Waals surface area contributed by atoms with Crippen LogP contribution in [0.25, 0.3) is 33.1 Å². The Morgan fingerprint density at radius 2 is 1.91 bits per heavy atom. The zero-order valence-electron chi connectivity index (χ0n) is 17.8. The molecule has 0 saturated carbocycles. The molecule has 2 N–H and O–H groups in total. The van der Waals surface area contributed by atoms with E-state index in [4.69, 9.17) is 20.3 Å². The van der Waals surface area contributed by atoms with Crippen LogP contribution in [0.5, 0.6) is 5.75 Å². The first kappa shape index (κ1) is 20.2. The molecule has 1 fully saturated rings. The van der Waals surface area contributed by atoms with Crippen molar-refractivity contribution in [1.82, 2.24) is 24.6 Å². The van der Waals surface area contributed by atoms with E-state index in [0.717, 1.165) is 22.1 Å². The number of carbonyl (C=O) groups excluding carboxylic acids is 1. The Kier molecular flexibility index (Phi) is 5.32. The number of nitrogens with two attached hydrogens (primary N) is 1. The van der Waals surface area contributed by atoms with Crippen molar-refractivity contribution < 1.29 is 14.3 Å². The molecule has 0 unspecified atom stereocenters. The molecule has 164 valence electrons. The molecule has 1 aliphatic heterocycles. The maximum Gasteiger partial charge on any atom is 0.244 e. The van der Waals surface area contributed by atoms with Gasteiger partial charge in [-0.05, 0) is 35.9 Å². The Hall–Kier alpha value is -3.72. The van der Waals surface area contributed by atoms with Crippen molar-refractivity contribution in [2.75, 3.05) is 38.6 Å². The lowest BCUT2D eigenvalue weighted by Gasteiger charge is -2.26. The van der Waals surface area contributed by atoms with Gasteiger partial charge in [-0.1, -0.05) is 18.2 Å². The highest BCUT2D eigenvalue weighted by atomic mass is 16.5. The molecule has 9 heteroatoms. The number of rotatable bonds is 5. The molecule has 1 amide bonds. The monoisotopic (exact) mass is 432 g/mol. The van der Waals surface area contributed by atoms with Gasteiger partial charge in [-0.15, -0.1) is 0 Å². The standard InChI is InChI=1S/C23H24N6O3/c1-2-32-18-6-5-15-11-17(4-3-16(15)12-18)21-20-22(24)25-14-26-23(20)29(27-21)13-19(30)28-7-9-31-10-8-28/h3-6,11-12,14H,2,7-10,13H2,1H3,(H2,24,25,26). The molecule has 2 aromatic heterocycles. The zero-order chi connectivity index (χ0) is 22.1. The largest absolute Gasteiger partial charge is 0.494 e. The van der Waals surface area contributed by atoms with Crippen LogP contribution in [-0.2, 0) is 16.1 Å². The quantitative estimate of drug-likeness (QED) is 0.516. The van der Waals surface area contributed by atoms with Crippen LogP contribution in [0.15, 0.2) is 42.7 Å². The SMILES string of the molecule is CCOc1ccc2cc(-c3nn(CC(=O)N4CCOCC4)c4ncnc(N)c34)ccc2c1. The van der Waals surface area contributed by atoms with E-state index in [2.05, 4.69) is 9.97 Å². The number of aromatic nitrogens is 4. The number of hydrogen-bond acceptors (Lipinski definition) is 7. The molecule has 4 aromatic rings. The van der Waals surface area contributed by atoms with E-state index in [1.807, 2.05) is 43.3 Å². The fraction of sp³-hybridized carbons (Fsp3) is 0.304. The summed E-state index contributed by atoms with van der Waals surface area (Å²) in [4.78, 5) is 23.1. The average molecular weight is 432 g/mol. The van der Waals surface area contributed by atoms with E-state index in [-0.39, 0.29) is 12.5 Å². The highest BCUT2D eigenvalue weighted by molar-refractivity contribution is 6.00. The molecule has 32 heavy (non-hydrogen) atoms. The van der Waals surface area contributed by atoms with Crippen LogP contribution in [0.2, 0.25) is 0 Å². The van der Waals surface area contributed by atoms with Crippen LogP contribution >= 0.6 is 0 Å². The van der Waals surface area contributed by atoms with Crippen molar-refractivity contribution in [3.05, 3.63) is 42.7 Å². The van der Waals surface area contributed by atoms with Crippen molar-refractivity contribution in [1.29, 1.82) is 0 Å². The first-order valence-corrected chi connectivity index (χ1v) is 10.6. The van der Waals surface area contributed by atoms with Gasteiger partial charge in [-0.2, -0.15) is 5.10 Å². The molecule has 1 aliphatic rings. The molecule has 1 saturated heterocycles. The van der Waals surface area contributed by atoms with Crippen LogP contribution in [-0.4, -0.2) is 63.5 Å². The molecule has 0 atom stereocenters. The minimum absolute atomic E-state index is 0.0246. The maximum atomic E-state index is 12.8. The fourth-order valence-electron chi connectivity index (χ4n) is 4.01. The van der Waals surface area contributed by atoms with Crippen molar-refractivity contribution in [2.24, 2.45) is 0 Å². The van der Waals surface area contributed by atoms with Gasteiger partial charge >= 0.3 is 0 Å². The fourth-order valence-corrected chi connectivity index (χ4v) is 4.01. The van der Waals surface area contributed by atoms with E-state index < -0.39 is 0 Å². The van der Waals surface area contributed by atoms with Crippen LogP contribution in [0, 0.1) is 0 Å². The summed E-state index contributed by atoms with van der Waals surface area (Å²) in [5.74, 6) is 1.15. The van der Waals surface area contributed by atoms with Gasteiger partial charge in [0.25, 0.3) is 0 Å². The third-order valence-electron chi connectivity index (χ3n) is 5.60. The van der Waals surface area contributed by atoms with Crippen molar-refractivity contribution in [2.45, 2.75) is 13.5 Å². The topological polar surface area (TPSA) is 108 Å². The molecule has 0 bridgehead atoms. The number of nitrogens with zero attached hydrogens (tertiary/aromatic N) is 5. The zero-order valence-corrected chi connectivity index (χ0v) is 17.8. The van der Waals surface area contributed by atoms with E-state index >= 15 is 0 Å². The van der Waals surface area contributed by atoms with Gasteiger partial charge < -0.3 is 20.1 Å². The summed E-state index contributed by atoms with van der Waals surface area (Å²) in [6.07, 6.45) is 1.40. The van der Waals surface area contributed by atoms with Crippen LogP contribution in [0.1, 0.15) is 6.92 Å². The molecule has 5 rings (SSSR count). The van der Waals surface area contributed by atoms with Crippen molar-refractivity contribution in [3.63, 3.8) is 0 Å². The Balaban J connectivity index is 1.55. The smallest absolute Gasteiger partial charge is 0.244 e. The van der Waals surface area contributed by atoms with E-state index in [9.17, 15) is 4.79 Å². The normalized spacial score (nSPS) is 14.2. The second-order valence-corrected chi connectivity index (χ2v) is 7.61. The molecule has 0 spiro atoms. The van der Waals surface area contributed by atoms with Gasteiger partial charge in [0.1, 0.15) is 30.1 Å². The van der Waals surface area contributed by atoms with E-state index in [0.29, 0.717) is 55.5 Å². The number of morpholine rings is 1. The summed E-state index contributed by atoms with van der Waals surface area (Å²) < 4.78 is 12.6. The van der Waals surface area contributed by atoms with Gasteiger partial charge in [-0.25, -0.2) is 14.6 Å². The Bertz CT molecular complexity index is 1300. The number of anilines is 1. The Morgan fingerprint density at radius 3 is 2.72 bits per heavy atom. The molecule has 9 nitrogen and oxygen atoms in total. The lowest BCUT2D eigenvalue weighted by Crippen LogP contribution is -2.42. The third-order valence-corrected chi connectivity index (χ3v) is 5.60. The number of fused-ring (bicyclic) bond motifs is 2. The van der Waals surface area contributed by atoms with Gasteiger partial charge in [0.2, 0.25) is 5.91 Å².